The van der Waals surface area contributed by atoms with E-state index in [0.717, 1.165) is 17.5 Å². The average molecular weight is 325 g/mol. The maximum absolute atomic E-state index is 13.0. The van der Waals surface area contributed by atoms with Gasteiger partial charge < -0.3 is 9.84 Å². The Labute approximate surface area is 139 Å². The van der Waals surface area contributed by atoms with E-state index in [1.54, 1.807) is 6.92 Å². The van der Waals surface area contributed by atoms with E-state index in [-0.39, 0.29) is 18.5 Å². The molecule has 6 nitrogen and oxygen atoms in total. The van der Waals surface area contributed by atoms with Gasteiger partial charge in [-0.2, -0.15) is 0 Å². The van der Waals surface area contributed by atoms with Gasteiger partial charge in [-0.15, -0.1) is 0 Å². The van der Waals surface area contributed by atoms with Gasteiger partial charge in [-0.25, -0.2) is 4.79 Å². The second-order valence-corrected chi connectivity index (χ2v) is 6.65. The van der Waals surface area contributed by atoms with Crippen LogP contribution in [0.5, 0.6) is 0 Å². The first-order valence-electron chi connectivity index (χ1n) is 8.13. The minimum atomic E-state index is -0.815. The Balaban J connectivity index is 1.63. The molecule has 2 aliphatic rings. The van der Waals surface area contributed by atoms with E-state index in [1.165, 1.54) is 10.5 Å². The lowest BCUT2D eigenvalue weighted by molar-refractivity contribution is -0.132. The first kappa shape index (κ1) is 14.9. The van der Waals surface area contributed by atoms with E-state index in [9.17, 15) is 9.59 Å². The van der Waals surface area contributed by atoms with Gasteiger partial charge in [-0.1, -0.05) is 29.4 Å². The molecule has 1 spiro atoms. The van der Waals surface area contributed by atoms with Crippen LogP contribution >= 0.6 is 0 Å². The molecule has 0 saturated carbocycles. The molecule has 0 unspecified atom stereocenters. The zero-order chi connectivity index (χ0) is 16.9. The molecule has 1 atom stereocenters. The highest BCUT2D eigenvalue weighted by atomic mass is 16.5. The van der Waals surface area contributed by atoms with Crippen molar-refractivity contribution in [1.29, 1.82) is 0 Å². The molecule has 24 heavy (non-hydrogen) atoms. The predicted octanol–water partition coefficient (Wildman–Crippen LogP) is 2.27. The number of amides is 3. The number of carbonyl (C=O) groups is 2. The van der Waals surface area contributed by atoms with Crippen LogP contribution in [0.25, 0.3) is 0 Å². The van der Waals surface area contributed by atoms with Crippen molar-refractivity contribution in [2.24, 2.45) is 0 Å². The van der Waals surface area contributed by atoms with Gasteiger partial charge in [0.2, 0.25) is 0 Å². The Morgan fingerprint density at radius 2 is 2.00 bits per heavy atom. The third-order valence-electron chi connectivity index (χ3n) is 5.18. The summed E-state index contributed by atoms with van der Waals surface area (Å²) in [5.41, 5.74) is 3.09. The van der Waals surface area contributed by atoms with Gasteiger partial charge in [-0.05, 0) is 37.8 Å². The van der Waals surface area contributed by atoms with E-state index < -0.39 is 5.54 Å². The summed E-state index contributed by atoms with van der Waals surface area (Å²) in [5, 5.41) is 6.85. The fourth-order valence-electron chi connectivity index (χ4n) is 3.73. The molecule has 1 fully saturated rings. The number of fused-ring (bicyclic) bond motifs is 1. The smallest absolute Gasteiger partial charge is 0.325 e. The highest BCUT2D eigenvalue weighted by Crippen LogP contribution is 2.34. The summed E-state index contributed by atoms with van der Waals surface area (Å²) in [6.45, 7) is 3.81. The molecule has 1 aromatic carbocycles. The largest absolute Gasteiger partial charge is 0.361 e. The molecule has 1 aliphatic carbocycles. The molecular formula is C18H19N3O3. The molecule has 3 amide bonds. The fourth-order valence-corrected chi connectivity index (χ4v) is 3.73. The zero-order valence-electron chi connectivity index (χ0n) is 13.8. The SMILES string of the molecule is Cc1noc(C)c1CN1C(=O)N[C@@]2(CCc3ccccc3C2)C1=O. The Hall–Kier alpha value is -2.63. The number of urea groups is 1. The molecule has 124 valence electrons. The van der Waals surface area contributed by atoms with Crippen molar-refractivity contribution in [3.05, 3.63) is 52.4 Å². The number of imide groups is 1. The van der Waals surface area contributed by atoms with Crippen LogP contribution in [-0.4, -0.2) is 27.5 Å². The number of carbonyl (C=O) groups excluding carboxylic acids is 2. The average Bonchev–Trinajstić information content (AvgIpc) is 3.00. The lowest BCUT2D eigenvalue weighted by atomic mass is 9.78. The van der Waals surface area contributed by atoms with Crippen molar-refractivity contribution in [1.82, 2.24) is 15.4 Å². The van der Waals surface area contributed by atoms with Gasteiger partial charge in [0, 0.05) is 12.0 Å². The number of aromatic nitrogens is 1. The lowest BCUT2D eigenvalue weighted by Crippen LogP contribution is -2.51. The summed E-state index contributed by atoms with van der Waals surface area (Å²) in [7, 11) is 0. The van der Waals surface area contributed by atoms with Crippen LogP contribution in [0.4, 0.5) is 4.79 Å². The predicted molar refractivity (Wildman–Crippen MR) is 86.3 cm³/mol. The third kappa shape index (κ3) is 2.13. The molecule has 1 saturated heterocycles. The Bertz CT molecular complexity index is 822. The first-order valence-corrected chi connectivity index (χ1v) is 8.13. The van der Waals surface area contributed by atoms with Crippen molar-refractivity contribution in [3.8, 4) is 0 Å². The number of aryl methyl sites for hydroxylation is 3. The van der Waals surface area contributed by atoms with Crippen LogP contribution in [0.3, 0.4) is 0 Å². The minimum absolute atomic E-state index is 0.151. The molecule has 1 N–H and O–H groups in total. The van der Waals surface area contributed by atoms with Gasteiger partial charge >= 0.3 is 6.03 Å². The number of hydrogen-bond acceptors (Lipinski definition) is 4. The second-order valence-electron chi connectivity index (χ2n) is 6.65. The minimum Gasteiger partial charge on any atom is -0.361 e. The number of hydrogen-bond donors (Lipinski definition) is 1. The van der Waals surface area contributed by atoms with Gasteiger partial charge in [0.15, 0.2) is 0 Å². The standard InChI is InChI=1S/C18H19N3O3/c1-11-15(12(2)24-20-11)10-21-16(22)18(19-17(21)23)8-7-13-5-3-4-6-14(13)9-18/h3-6H,7-10H2,1-2H3,(H,19,23)/t18-/m1/s1. The molecule has 6 heteroatoms. The summed E-state index contributed by atoms with van der Waals surface area (Å²) in [4.78, 5) is 26.8. The van der Waals surface area contributed by atoms with Crippen molar-refractivity contribution < 1.29 is 14.1 Å². The molecular weight excluding hydrogens is 306 g/mol. The van der Waals surface area contributed by atoms with Gasteiger partial charge in [0.05, 0.1) is 12.2 Å². The van der Waals surface area contributed by atoms with Gasteiger partial charge in [0.1, 0.15) is 11.3 Å². The maximum Gasteiger partial charge on any atom is 0.325 e. The van der Waals surface area contributed by atoms with Crippen LogP contribution in [0, 0.1) is 13.8 Å². The van der Waals surface area contributed by atoms with Crippen LogP contribution < -0.4 is 5.32 Å². The van der Waals surface area contributed by atoms with E-state index in [4.69, 9.17) is 4.52 Å². The Morgan fingerprint density at radius 1 is 1.25 bits per heavy atom. The molecule has 0 bridgehead atoms. The van der Waals surface area contributed by atoms with Crippen molar-refractivity contribution in [2.75, 3.05) is 0 Å². The summed E-state index contributed by atoms with van der Waals surface area (Å²) in [6.07, 6.45) is 1.97. The molecule has 0 radical (unpaired) electrons. The van der Waals surface area contributed by atoms with E-state index >= 15 is 0 Å². The van der Waals surface area contributed by atoms with Crippen LogP contribution in [0.2, 0.25) is 0 Å². The van der Waals surface area contributed by atoms with Crippen molar-refractivity contribution >= 4 is 11.9 Å². The lowest BCUT2D eigenvalue weighted by Gasteiger charge is -2.32. The number of nitrogens with one attached hydrogen (secondary N) is 1. The Kier molecular flexibility index (Phi) is 3.23. The number of rotatable bonds is 2. The monoisotopic (exact) mass is 325 g/mol. The highest BCUT2D eigenvalue weighted by Gasteiger charge is 2.52. The quantitative estimate of drug-likeness (QED) is 0.860. The van der Waals surface area contributed by atoms with E-state index in [2.05, 4.69) is 16.5 Å². The molecule has 2 heterocycles. The molecule has 4 rings (SSSR count). The van der Waals surface area contributed by atoms with Gasteiger partial charge in [-0.3, -0.25) is 9.69 Å². The van der Waals surface area contributed by atoms with Crippen LogP contribution in [-0.2, 0) is 24.2 Å². The zero-order valence-corrected chi connectivity index (χ0v) is 13.8. The van der Waals surface area contributed by atoms with E-state index in [0.29, 0.717) is 24.3 Å². The molecule has 1 aromatic heterocycles. The fraction of sp³-hybridized carbons (Fsp3) is 0.389. The van der Waals surface area contributed by atoms with Gasteiger partial charge in [0.25, 0.3) is 5.91 Å². The summed E-state index contributed by atoms with van der Waals surface area (Å²) in [5.74, 6) is 0.491. The third-order valence-corrected chi connectivity index (χ3v) is 5.18. The van der Waals surface area contributed by atoms with Crippen molar-refractivity contribution in [2.45, 2.75) is 45.2 Å². The molecule has 2 aromatic rings. The Morgan fingerprint density at radius 3 is 2.71 bits per heavy atom. The first-order chi connectivity index (χ1) is 11.5. The normalized spacial score (nSPS) is 22.8. The summed E-state index contributed by atoms with van der Waals surface area (Å²) >= 11 is 0. The summed E-state index contributed by atoms with van der Waals surface area (Å²) < 4.78 is 5.14. The summed E-state index contributed by atoms with van der Waals surface area (Å²) in [6, 6.07) is 7.77. The number of benzene rings is 1. The molecule has 1 aliphatic heterocycles. The van der Waals surface area contributed by atoms with Crippen LogP contribution in [0.1, 0.15) is 34.6 Å². The number of nitrogens with zero attached hydrogens (tertiary/aromatic N) is 2. The van der Waals surface area contributed by atoms with Crippen LogP contribution in [0.15, 0.2) is 28.8 Å². The van der Waals surface area contributed by atoms with Crippen molar-refractivity contribution in [3.63, 3.8) is 0 Å². The topological polar surface area (TPSA) is 75.4 Å². The van der Waals surface area contributed by atoms with E-state index in [1.807, 2.05) is 25.1 Å². The maximum atomic E-state index is 13.0. The highest BCUT2D eigenvalue weighted by molar-refractivity contribution is 6.07. The second kappa shape index (κ2) is 5.19.